The van der Waals surface area contributed by atoms with Crippen molar-refractivity contribution in [2.24, 2.45) is 5.73 Å². The van der Waals surface area contributed by atoms with Gasteiger partial charge in [0.2, 0.25) is 0 Å². The molecule has 0 aliphatic carbocycles. The molecule has 26 heavy (non-hydrogen) atoms. The number of likely N-dealkylation sites (tertiary alicyclic amines) is 1. The molecule has 1 aliphatic heterocycles. The third-order valence-corrected chi connectivity index (χ3v) is 4.40. The number of ketones is 1. The van der Waals surface area contributed by atoms with Crippen LogP contribution >= 0.6 is 0 Å². The van der Waals surface area contributed by atoms with Crippen molar-refractivity contribution in [2.45, 2.75) is 12.1 Å². The first-order chi connectivity index (χ1) is 12.5. The van der Waals surface area contributed by atoms with Crippen LogP contribution in [0.2, 0.25) is 0 Å². The molecule has 134 valence electrons. The number of hydrogen-bond donors (Lipinski definition) is 3. The molecule has 1 aliphatic rings. The van der Waals surface area contributed by atoms with E-state index in [0.29, 0.717) is 16.7 Å². The quantitative estimate of drug-likeness (QED) is 0.718. The maximum Gasteiger partial charge on any atom is 0.407 e. The maximum atomic E-state index is 12.4. The van der Waals surface area contributed by atoms with E-state index < -0.39 is 18.2 Å². The van der Waals surface area contributed by atoms with Crippen LogP contribution in [0.5, 0.6) is 0 Å². The Bertz CT molecular complexity index is 820. The van der Waals surface area contributed by atoms with Gasteiger partial charge in [0.1, 0.15) is 0 Å². The van der Waals surface area contributed by atoms with Crippen LogP contribution in [0, 0.1) is 0 Å². The molecule has 4 N–H and O–H groups in total. The summed E-state index contributed by atoms with van der Waals surface area (Å²) in [5, 5.41) is 11.8. The van der Waals surface area contributed by atoms with Crippen molar-refractivity contribution in [3.8, 4) is 0 Å². The average Bonchev–Trinajstić information content (AvgIpc) is 3.03. The molecule has 0 bridgehead atoms. The largest absolute Gasteiger partial charge is 0.465 e. The van der Waals surface area contributed by atoms with Gasteiger partial charge in [-0.15, -0.1) is 0 Å². The van der Waals surface area contributed by atoms with Crippen LogP contribution in [0.15, 0.2) is 54.6 Å². The van der Waals surface area contributed by atoms with E-state index in [1.54, 1.807) is 48.5 Å². The summed E-state index contributed by atoms with van der Waals surface area (Å²) in [5.41, 5.74) is 7.35. The lowest BCUT2D eigenvalue weighted by Gasteiger charge is -2.16. The van der Waals surface area contributed by atoms with Crippen LogP contribution < -0.4 is 11.1 Å². The minimum Gasteiger partial charge on any atom is -0.465 e. The van der Waals surface area contributed by atoms with Crippen LogP contribution in [-0.2, 0) is 0 Å². The summed E-state index contributed by atoms with van der Waals surface area (Å²) in [5.74, 6) is -0.469. The van der Waals surface area contributed by atoms with Gasteiger partial charge in [-0.25, -0.2) is 4.79 Å². The summed E-state index contributed by atoms with van der Waals surface area (Å²) in [7, 11) is 0. The highest BCUT2D eigenvalue weighted by Crippen LogP contribution is 2.13. The first kappa shape index (κ1) is 17.6. The van der Waals surface area contributed by atoms with Crippen molar-refractivity contribution < 1.29 is 19.5 Å². The van der Waals surface area contributed by atoms with Gasteiger partial charge in [0.25, 0.3) is 5.91 Å². The fourth-order valence-corrected chi connectivity index (χ4v) is 2.92. The van der Waals surface area contributed by atoms with E-state index in [4.69, 9.17) is 10.8 Å². The number of amides is 2. The van der Waals surface area contributed by atoms with Gasteiger partial charge < -0.3 is 21.1 Å². The van der Waals surface area contributed by atoms with E-state index in [1.807, 2.05) is 6.07 Å². The van der Waals surface area contributed by atoms with Crippen molar-refractivity contribution in [2.75, 3.05) is 13.1 Å². The standard InChI is InChI=1S/C19H19N3O4/c20-15-10-22(19(25)26)11-16(15)21-18(24)14-8-6-13(7-9-14)17(23)12-4-2-1-3-5-12/h1-9,15-16H,10-11,20H2,(H,21,24)(H,25,26)/t15-,16-/m1/s1. The van der Waals surface area contributed by atoms with Gasteiger partial charge in [0.15, 0.2) is 5.78 Å². The lowest BCUT2D eigenvalue weighted by molar-refractivity contribution is 0.0932. The van der Waals surface area contributed by atoms with Crippen molar-refractivity contribution in [3.63, 3.8) is 0 Å². The highest BCUT2D eigenvalue weighted by molar-refractivity contribution is 6.09. The molecule has 2 amide bonds. The van der Waals surface area contributed by atoms with Crippen LogP contribution in [0.4, 0.5) is 4.79 Å². The van der Waals surface area contributed by atoms with Gasteiger partial charge in [0, 0.05) is 35.8 Å². The predicted molar refractivity (Wildman–Crippen MR) is 95.1 cm³/mol. The number of carbonyl (C=O) groups is 3. The molecule has 2 aromatic carbocycles. The highest BCUT2D eigenvalue weighted by Gasteiger charge is 2.33. The van der Waals surface area contributed by atoms with Gasteiger partial charge in [-0.2, -0.15) is 0 Å². The summed E-state index contributed by atoms with van der Waals surface area (Å²) in [4.78, 5) is 36.9. The van der Waals surface area contributed by atoms with Crippen LogP contribution in [0.3, 0.4) is 0 Å². The normalized spacial score (nSPS) is 19.2. The highest BCUT2D eigenvalue weighted by atomic mass is 16.4. The Morgan fingerprint density at radius 3 is 2.08 bits per heavy atom. The van der Waals surface area contributed by atoms with Gasteiger partial charge in [-0.1, -0.05) is 42.5 Å². The fourth-order valence-electron chi connectivity index (χ4n) is 2.92. The summed E-state index contributed by atoms with van der Waals surface area (Å²) in [6.07, 6.45) is -1.05. The molecule has 0 saturated carbocycles. The Morgan fingerprint density at radius 1 is 0.923 bits per heavy atom. The molecule has 7 heteroatoms. The monoisotopic (exact) mass is 353 g/mol. The van der Waals surface area contributed by atoms with E-state index >= 15 is 0 Å². The van der Waals surface area contributed by atoms with E-state index in [0.717, 1.165) is 0 Å². The van der Waals surface area contributed by atoms with Crippen molar-refractivity contribution in [3.05, 3.63) is 71.3 Å². The minimum absolute atomic E-state index is 0.118. The molecule has 2 atom stereocenters. The van der Waals surface area contributed by atoms with E-state index in [-0.39, 0.29) is 24.8 Å². The van der Waals surface area contributed by atoms with Crippen LogP contribution in [0.25, 0.3) is 0 Å². The van der Waals surface area contributed by atoms with Gasteiger partial charge in [-0.3, -0.25) is 9.59 Å². The number of nitrogens with zero attached hydrogens (tertiary/aromatic N) is 1. The smallest absolute Gasteiger partial charge is 0.407 e. The summed E-state index contributed by atoms with van der Waals surface area (Å²) in [6, 6.07) is 14.3. The summed E-state index contributed by atoms with van der Waals surface area (Å²) < 4.78 is 0. The zero-order valence-corrected chi connectivity index (χ0v) is 14.0. The van der Waals surface area contributed by atoms with E-state index in [2.05, 4.69) is 5.32 Å². The van der Waals surface area contributed by atoms with E-state index in [1.165, 1.54) is 4.90 Å². The van der Waals surface area contributed by atoms with Gasteiger partial charge >= 0.3 is 6.09 Å². The second kappa shape index (κ2) is 7.37. The Labute approximate surface area is 150 Å². The number of rotatable bonds is 4. The number of carbonyl (C=O) groups excluding carboxylic acids is 2. The van der Waals surface area contributed by atoms with Crippen LogP contribution in [-0.4, -0.2) is 53.0 Å². The molecule has 0 radical (unpaired) electrons. The van der Waals surface area contributed by atoms with Crippen molar-refractivity contribution in [1.29, 1.82) is 0 Å². The van der Waals surface area contributed by atoms with Crippen molar-refractivity contribution in [1.82, 2.24) is 10.2 Å². The zero-order valence-electron chi connectivity index (χ0n) is 14.0. The molecule has 1 fully saturated rings. The predicted octanol–water partition coefficient (Wildman–Crippen LogP) is 1.34. The van der Waals surface area contributed by atoms with Gasteiger partial charge in [-0.05, 0) is 12.1 Å². The second-order valence-electron chi connectivity index (χ2n) is 6.20. The summed E-state index contributed by atoms with van der Waals surface area (Å²) in [6.45, 7) is 0.345. The number of benzene rings is 2. The first-order valence-corrected chi connectivity index (χ1v) is 8.20. The molecule has 0 aromatic heterocycles. The third-order valence-electron chi connectivity index (χ3n) is 4.40. The second-order valence-corrected chi connectivity index (χ2v) is 6.20. The Hall–Kier alpha value is -3.19. The maximum absolute atomic E-state index is 12.4. The number of hydrogen-bond acceptors (Lipinski definition) is 4. The first-order valence-electron chi connectivity index (χ1n) is 8.20. The van der Waals surface area contributed by atoms with Gasteiger partial charge in [0.05, 0.1) is 6.04 Å². The summed E-state index contributed by atoms with van der Waals surface area (Å²) >= 11 is 0. The minimum atomic E-state index is -1.05. The molecule has 2 aromatic rings. The number of carboxylic acid groups (broad SMARTS) is 1. The Morgan fingerprint density at radius 2 is 1.50 bits per heavy atom. The lowest BCUT2D eigenvalue weighted by atomic mass is 10.0. The number of nitrogens with one attached hydrogen (secondary N) is 1. The molecule has 3 rings (SSSR count). The van der Waals surface area contributed by atoms with E-state index in [9.17, 15) is 14.4 Å². The average molecular weight is 353 g/mol. The fraction of sp³-hybridized carbons (Fsp3) is 0.211. The van der Waals surface area contributed by atoms with Crippen molar-refractivity contribution >= 4 is 17.8 Å². The third kappa shape index (κ3) is 3.73. The molecule has 1 saturated heterocycles. The molecular formula is C19H19N3O4. The zero-order chi connectivity index (χ0) is 18.7. The molecular weight excluding hydrogens is 334 g/mol. The van der Waals surface area contributed by atoms with Crippen LogP contribution in [0.1, 0.15) is 26.3 Å². The molecule has 0 spiro atoms. The Balaban J connectivity index is 1.66. The Kier molecular flexibility index (Phi) is 4.99. The molecule has 7 nitrogen and oxygen atoms in total. The SMILES string of the molecule is N[C@@H]1CN(C(=O)O)C[C@H]1NC(=O)c1ccc(C(=O)c2ccccc2)cc1. The number of nitrogens with two attached hydrogens (primary N) is 1. The lowest BCUT2D eigenvalue weighted by Crippen LogP contribution is -2.46. The molecule has 1 heterocycles. The molecule has 0 unspecified atom stereocenters. The topological polar surface area (TPSA) is 113 Å².